The van der Waals surface area contributed by atoms with Gasteiger partial charge in [-0.1, -0.05) is 0 Å². The molecule has 0 bridgehead atoms. The Morgan fingerprint density at radius 1 is 1.41 bits per heavy atom. The summed E-state index contributed by atoms with van der Waals surface area (Å²) in [5.41, 5.74) is 2.35. The topological polar surface area (TPSA) is 113 Å². The number of aromatic nitrogens is 2. The molecule has 2 amide bonds. The lowest BCUT2D eigenvalue weighted by Crippen LogP contribution is -2.32. The van der Waals surface area contributed by atoms with Crippen LogP contribution < -0.4 is 16.6 Å². The van der Waals surface area contributed by atoms with Gasteiger partial charge >= 0.3 is 0 Å². The van der Waals surface area contributed by atoms with Crippen molar-refractivity contribution in [2.75, 3.05) is 17.8 Å². The molecule has 4 N–H and O–H groups in total. The Balaban J connectivity index is 2.11. The Bertz CT molecular complexity index is 463. The van der Waals surface area contributed by atoms with Gasteiger partial charge in [0.25, 0.3) is 5.91 Å². The number of hydrazine groups is 1. The summed E-state index contributed by atoms with van der Waals surface area (Å²) < 4.78 is 0. The van der Waals surface area contributed by atoms with Crippen molar-refractivity contribution in [3.63, 3.8) is 0 Å². The average Bonchev–Trinajstić information content (AvgIpc) is 2.57. The fraction of sp³-hybridized carbons (Fsp3) is 0.333. The molecule has 8 nitrogen and oxygen atoms in total. The standard InChI is InChI=1S/C9H12N6O2/c1-15-8(16)2-5(9(15)17)12-6-3-11-4-7(13-6)14-10/h3-5H,2,10H2,1H3,(H2,12,13,14). The second-order valence-corrected chi connectivity index (χ2v) is 3.63. The van der Waals surface area contributed by atoms with Crippen LogP contribution in [0.1, 0.15) is 6.42 Å². The summed E-state index contributed by atoms with van der Waals surface area (Å²) in [4.78, 5) is 32.0. The van der Waals surface area contributed by atoms with Crippen molar-refractivity contribution in [1.29, 1.82) is 0 Å². The summed E-state index contributed by atoms with van der Waals surface area (Å²) >= 11 is 0. The van der Waals surface area contributed by atoms with Gasteiger partial charge in [-0.2, -0.15) is 0 Å². The number of anilines is 2. The van der Waals surface area contributed by atoms with E-state index >= 15 is 0 Å². The van der Waals surface area contributed by atoms with Crippen molar-refractivity contribution < 1.29 is 9.59 Å². The maximum atomic E-state index is 11.6. The van der Waals surface area contributed by atoms with Crippen LogP contribution >= 0.6 is 0 Å². The van der Waals surface area contributed by atoms with Crippen molar-refractivity contribution in [1.82, 2.24) is 14.9 Å². The van der Waals surface area contributed by atoms with Crippen LogP contribution in [0, 0.1) is 0 Å². The van der Waals surface area contributed by atoms with Gasteiger partial charge in [0.2, 0.25) is 5.91 Å². The predicted octanol–water partition coefficient (Wildman–Crippen LogP) is -1.07. The van der Waals surface area contributed by atoms with E-state index in [-0.39, 0.29) is 18.2 Å². The van der Waals surface area contributed by atoms with Crippen LogP contribution in [0.15, 0.2) is 12.4 Å². The fourth-order valence-electron chi connectivity index (χ4n) is 1.55. The Kier molecular flexibility index (Phi) is 2.88. The molecule has 0 spiro atoms. The first kappa shape index (κ1) is 11.3. The number of imide groups is 1. The molecule has 1 fully saturated rings. The van der Waals surface area contributed by atoms with E-state index in [9.17, 15) is 9.59 Å². The molecular formula is C9H12N6O2. The molecule has 1 atom stereocenters. The van der Waals surface area contributed by atoms with Crippen molar-refractivity contribution in [2.24, 2.45) is 5.84 Å². The number of likely N-dealkylation sites (tertiary alicyclic amines) is 1. The third-order valence-electron chi connectivity index (χ3n) is 2.49. The first-order valence-corrected chi connectivity index (χ1v) is 4.97. The van der Waals surface area contributed by atoms with Crippen LogP contribution in [-0.4, -0.2) is 39.8 Å². The van der Waals surface area contributed by atoms with Gasteiger partial charge in [-0.15, -0.1) is 0 Å². The SMILES string of the molecule is CN1C(=O)CC(Nc2cncc(NN)n2)C1=O. The Hall–Kier alpha value is -2.22. The van der Waals surface area contributed by atoms with Crippen molar-refractivity contribution in [2.45, 2.75) is 12.5 Å². The van der Waals surface area contributed by atoms with Crippen LogP contribution in [0.3, 0.4) is 0 Å². The molecule has 1 aromatic heterocycles. The van der Waals surface area contributed by atoms with Gasteiger partial charge in [-0.3, -0.25) is 19.5 Å². The highest BCUT2D eigenvalue weighted by molar-refractivity contribution is 6.06. The van der Waals surface area contributed by atoms with E-state index in [0.717, 1.165) is 4.90 Å². The zero-order valence-electron chi connectivity index (χ0n) is 9.17. The predicted molar refractivity (Wildman–Crippen MR) is 59.6 cm³/mol. The summed E-state index contributed by atoms with van der Waals surface area (Å²) in [5.74, 6) is 5.47. The van der Waals surface area contributed by atoms with Gasteiger partial charge in [0.15, 0.2) is 5.82 Å². The Morgan fingerprint density at radius 2 is 2.12 bits per heavy atom. The Labute approximate surface area is 97.2 Å². The normalized spacial score (nSPS) is 19.6. The van der Waals surface area contributed by atoms with Crippen LogP contribution in [0.25, 0.3) is 0 Å². The fourth-order valence-corrected chi connectivity index (χ4v) is 1.55. The minimum Gasteiger partial charge on any atom is -0.357 e. The molecule has 1 aliphatic rings. The first-order chi connectivity index (χ1) is 8.11. The highest BCUT2D eigenvalue weighted by atomic mass is 16.2. The van der Waals surface area contributed by atoms with Crippen molar-refractivity contribution in [3.8, 4) is 0 Å². The molecule has 1 saturated heterocycles. The second-order valence-electron chi connectivity index (χ2n) is 3.63. The van der Waals surface area contributed by atoms with E-state index in [4.69, 9.17) is 5.84 Å². The lowest BCUT2D eigenvalue weighted by Gasteiger charge is -2.11. The monoisotopic (exact) mass is 236 g/mol. The highest BCUT2D eigenvalue weighted by Crippen LogP contribution is 2.15. The molecule has 2 heterocycles. The maximum Gasteiger partial charge on any atom is 0.251 e. The van der Waals surface area contributed by atoms with E-state index in [1.165, 1.54) is 19.4 Å². The Morgan fingerprint density at radius 3 is 2.71 bits per heavy atom. The lowest BCUT2D eigenvalue weighted by molar-refractivity contribution is -0.136. The molecule has 2 rings (SSSR count). The molecule has 0 aromatic carbocycles. The molecule has 90 valence electrons. The molecule has 1 unspecified atom stereocenters. The highest BCUT2D eigenvalue weighted by Gasteiger charge is 2.36. The van der Waals surface area contributed by atoms with E-state index in [1.54, 1.807) is 0 Å². The number of carbonyl (C=O) groups is 2. The third-order valence-corrected chi connectivity index (χ3v) is 2.49. The number of nitrogens with zero attached hydrogens (tertiary/aromatic N) is 3. The summed E-state index contributed by atoms with van der Waals surface area (Å²) in [5, 5.41) is 2.84. The van der Waals surface area contributed by atoms with Gasteiger partial charge in [0, 0.05) is 7.05 Å². The summed E-state index contributed by atoms with van der Waals surface area (Å²) in [6, 6.07) is -0.588. The number of amides is 2. The van der Waals surface area contributed by atoms with Gasteiger partial charge in [0.1, 0.15) is 11.9 Å². The number of nitrogen functional groups attached to an aromatic ring is 1. The summed E-state index contributed by atoms with van der Waals surface area (Å²) in [7, 11) is 1.45. The van der Waals surface area contributed by atoms with E-state index in [2.05, 4.69) is 20.7 Å². The van der Waals surface area contributed by atoms with Crippen LogP contribution in [0.4, 0.5) is 11.6 Å². The molecule has 0 radical (unpaired) electrons. The van der Waals surface area contributed by atoms with E-state index in [1.807, 2.05) is 0 Å². The number of hydrogen-bond donors (Lipinski definition) is 3. The smallest absolute Gasteiger partial charge is 0.251 e. The number of carbonyl (C=O) groups excluding carboxylic acids is 2. The van der Waals surface area contributed by atoms with Crippen molar-refractivity contribution >= 4 is 23.5 Å². The third kappa shape index (κ3) is 2.16. The minimum absolute atomic E-state index is 0.122. The molecule has 0 saturated carbocycles. The lowest BCUT2D eigenvalue weighted by atomic mass is 10.2. The van der Waals surface area contributed by atoms with Crippen LogP contribution in [0.2, 0.25) is 0 Å². The van der Waals surface area contributed by atoms with Crippen LogP contribution in [-0.2, 0) is 9.59 Å². The van der Waals surface area contributed by atoms with Gasteiger partial charge < -0.3 is 10.7 Å². The van der Waals surface area contributed by atoms with Gasteiger partial charge in [-0.05, 0) is 0 Å². The summed E-state index contributed by atoms with van der Waals surface area (Å²) in [6.07, 6.45) is 3.02. The summed E-state index contributed by atoms with van der Waals surface area (Å²) in [6.45, 7) is 0. The van der Waals surface area contributed by atoms with Crippen LogP contribution in [0.5, 0.6) is 0 Å². The number of nitrogens with two attached hydrogens (primary N) is 1. The zero-order chi connectivity index (χ0) is 12.4. The zero-order valence-corrected chi connectivity index (χ0v) is 9.17. The molecule has 17 heavy (non-hydrogen) atoms. The minimum atomic E-state index is -0.588. The number of rotatable bonds is 3. The quantitative estimate of drug-likeness (QED) is 0.348. The number of hydrogen-bond acceptors (Lipinski definition) is 7. The van der Waals surface area contributed by atoms with Crippen molar-refractivity contribution in [3.05, 3.63) is 12.4 Å². The largest absolute Gasteiger partial charge is 0.357 e. The molecular weight excluding hydrogens is 224 g/mol. The molecule has 1 aliphatic heterocycles. The number of likely N-dealkylation sites (N-methyl/N-ethyl adjacent to an activating group) is 1. The average molecular weight is 236 g/mol. The molecule has 8 heteroatoms. The van der Waals surface area contributed by atoms with E-state index < -0.39 is 6.04 Å². The second kappa shape index (κ2) is 4.34. The van der Waals surface area contributed by atoms with E-state index in [0.29, 0.717) is 11.6 Å². The maximum absolute atomic E-state index is 11.6. The number of nitrogens with one attached hydrogen (secondary N) is 2. The first-order valence-electron chi connectivity index (χ1n) is 4.97. The van der Waals surface area contributed by atoms with Gasteiger partial charge in [-0.25, -0.2) is 10.8 Å². The molecule has 1 aromatic rings. The van der Waals surface area contributed by atoms with Gasteiger partial charge in [0.05, 0.1) is 18.8 Å². The molecule has 0 aliphatic carbocycles.